The third-order valence-electron chi connectivity index (χ3n) is 3.95. The Morgan fingerprint density at radius 3 is 2.88 bits per heavy atom. The fourth-order valence-corrected chi connectivity index (χ4v) is 3.14. The van der Waals surface area contributed by atoms with Crippen LogP contribution in [-0.4, -0.2) is 43.8 Å². The van der Waals surface area contributed by atoms with Gasteiger partial charge in [0.2, 0.25) is 0 Å². The number of hydrogen-bond acceptors (Lipinski definition) is 3. The zero-order chi connectivity index (χ0) is 11.7. The van der Waals surface area contributed by atoms with Gasteiger partial charge in [0.15, 0.2) is 0 Å². The lowest BCUT2D eigenvalue weighted by molar-refractivity contribution is -0.0889. The standard InChI is InChI=1S/C14H20N2O/c1-16-9-7-14(11-16)13(15-8-10-17-14)12-5-3-2-4-6-12/h2-6,13,15H,7-11H2,1H3. The third-order valence-corrected chi connectivity index (χ3v) is 3.95. The number of morpholine rings is 1. The van der Waals surface area contributed by atoms with Crippen molar-refractivity contribution in [3.05, 3.63) is 35.9 Å². The van der Waals surface area contributed by atoms with Gasteiger partial charge in [0.05, 0.1) is 12.6 Å². The van der Waals surface area contributed by atoms with Gasteiger partial charge in [-0.05, 0) is 19.0 Å². The Kier molecular flexibility index (Phi) is 2.90. The predicted molar refractivity (Wildman–Crippen MR) is 68.0 cm³/mol. The van der Waals surface area contributed by atoms with Crippen LogP contribution in [0.25, 0.3) is 0 Å². The van der Waals surface area contributed by atoms with Crippen LogP contribution in [0.4, 0.5) is 0 Å². The summed E-state index contributed by atoms with van der Waals surface area (Å²) in [7, 11) is 2.18. The smallest absolute Gasteiger partial charge is 0.101 e. The van der Waals surface area contributed by atoms with E-state index in [1.54, 1.807) is 0 Å². The molecule has 3 heteroatoms. The molecule has 3 rings (SSSR count). The van der Waals surface area contributed by atoms with Crippen molar-refractivity contribution >= 4 is 0 Å². The molecule has 0 aromatic heterocycles. The largest absolute Gasteiger partial charge is 0.370 e. The molecule has 2 heterocycles. The lowest BCUT2D eigenvalue weighted by atomic mass is 9.86. The van der Waals surface area contributed by atoms with Crippen LogP contribution in [0.1, 0.15) is 18.0 Å². The van der Waals surface area contributed by atoms with E-state index in [4.69, 9.17) is 4.74 Å². The van der Waals surface area contributed by atoms with Crippen molar-refractivity contribution in [1.29, 1.82) is 0 Å². The van der Waals surface area contributed by atoms with Crippen molar-refractivity contribution in [2.24, 2.45) is 0 Å². The first-order chi connectivity index (χ1) is 8.30. The van der Waals surface area contributed by atoms with E-state index >= 15 is 0 Å². The summed E-state index contributed by atoms with van der Waals surface area (Å²) in [5, 5.41) is 3.64. The number of hydrogen-bond donors (Lipinski definition) is 1. The fraction of sp³-hybridized carbons (Fsp3) is 0.571. The molecule has 17 heavy (non-hydrogen) atoms. The molecule has 0 saturated carbocycles. The summed E-state index contributed by atoms with van der Waals surface area (Å²) in [6.45, 7) is 3.94. The van der Waals surface area contributed by atoms with E-state index in [0.29, 0.717) is 6.04 Å². The molecule has 2 aliphatic heterocycles. The number of benzene rings is 1. The molecule has 1 spiro atoms. The Hall–Kier alpha value is -0.900. The van der Waals surface area contributed by atoms with Gasteiger partial charge in [0, 0.05) is 19.6 Å². The van der Waals surface area contributed by atoms with Crippen molar-refractivity contribution < 1.29 is 4.74 Å². The number of likely N-dealkylation sites (N-methyl/N-ethyl adjacent to an activating group) is 1. The van der Waals surface area contributed by atoms with E-state index in [2.05, 4.69) is 47.6 Å². The summed E-state index contributed by atoms with van der Waals surface area (Å²) in [6, 6.07) is 11.0. The zero-order valence-electron chi connectivity index (χ0n) is 10.4. The van der Waals surface area contributed by atoms with Gasteiger partial charge in [0.1, 0.15) is 5.60 Å². The zero-order valence-corrected chi connectivity index (χ0v) is 10.4. The van der Waals surface area contributed by atoms with Crippen LogP contribution in [0.3, 0.4) is 0 Å². The lowest BCUT2D eigenvalue weighted by Gasteiger charge is -2.42. The van der Waals surface area contributed by atoms with Crippen molar-refractivity contribution in [2.45, 2.75) is 18.1 Å². The average Bonchev–Trinajstić information content (AvgIpc) is 2.73. The minimum Gasteiger partial charge on any atom is -0.370 e. The lowest BCUT2D eigenvalue weighted by Crippen LogP contribution is -2.53. The molecular weight excluding hydrogens is 212 g/mol. The summed E-state index contributed by atoms with van der Waals surface area (Å²) in [5.74, 6) is 0. The minimum atomic E-state index is -0.0195. The first-order valence-electron chi connectivity index (χ1n) is 6.41. The minimum absolute atomic E-state index is 0.0195. The third kappa shape index (κ3) is 1.99. The van der Waals surface area contributed by atoms with Crippen LogP contribution < -0.4 is 5.32 Å². The number of rotatable bonds is 1. The molecule has 2 aliphatic rings. The Morgan fingerprint density at radius 1 is 1.35 bits per heavy atom. The molecule has 1 N–H and O–H groups in total. The second-order valence-electron chi connectivity index (χ2n) is 5.20. The van der Waals surface area contributed by atoms with Crippen molar-refractivity contribution in [2.75, 3.05) is 33.3 Å². The molecule has 1 aromatic rings. The SMILES string of the molecule is CN1CCC2(C1)OCCNC2c1ccccc1. The first-order valence-corrected chi connectivity index (χ1v) is 6.41. The van der Waals surface area contributed by atoms with Crippen LogP contribution in [0, 0.1) is 0 Å². The molecule has 0 amide bonds. The molecule has 92 valence electrons. The van der Waals surface area contributed by atoms with Gasteiger partial charge in [-0.1, -0.05) is 30.3 Å². The van der Waals surface area contributed by atoms with E-state index in [-0.39, 0.29) is 5.60 Å². The van der Waals surface area contributed by atoms with Crippen LogP contribution in [0.15, 0.2) is 30.3 Å². The Labute approximate surface area is 103 Å². The van der Waals surface area contributed by atoms with Gasteiger partial charge in [-0.25, -0.2) is 0 Å². The van der Waals surface area contributed by atoms with E-state index in [0.717, 1.165) is 32.7 Å². The number of nitrogens with one attached hydrogen (secondary N) is 1. The van der Waals surface area contributed by atoms with Gasteiger partial charge in [0.25, 0.3) is 0 Å². The van der Waals surface area contributed by atoms with Crippen molar-refractivity contribution in [3.8, 4) is 0 Å². The molecule has 3 nitrogen and oxygen atoms in total. The highest BCUT2D eigenvalue weighted by Gasteiger charge is 2.46. The molecule has 1 aromatic carbocycles. The highest BCUT2D eigenvalue weighted by molar-refractivity contribution is 5.24. The van der Waals surface area contributed by atoms with Crippen LogP contribution >= 0.6 is 0 Å². The second-order valence-corrected chi connectivity index (χ2v) is 5.20. The Morgan fingerprint density at radius 2 is 2.18 bits per heavy atom. The van der Waals surface area contributed by atoms with Crippen LogP contribution in [-0.2, 0) is 4.74 Å². The summed E-state index contributed by atoms with van der Waals surface area (Å²) in [4.78, 5) is 2.36. The van der Waals surface area contributed by atoms with Gasteiger partial charge < -0.3 is 15.0 Å². The molecule has 2 saturated heterocycles. The molecule has 2 unspecified atom stereocenters. The molecular formula is C14H20N2O. The van der Waals surface area contributed by atoms with Gasteiger partial charge in [-0.3, -0.25) is 0 Å². The van der Waals surface area contributed by atoms with E-state index in [1.165, 1.54) is 5.56 Å². The summed E-state index contributed by atoms with van der Waals surface area (Å²) in [5.41, 5.74) is 1.33. The maximum Gasteiger partial charge on any atom is 0.101 e. The summed E-state index contributed by atoms with van der Waals surface area (Å²) in [6.07, 6.45) is 1.12. The van der Waals surface area contributed by atoms with Gasteiger partial charge >= 0.3 is 0 Å². The number of ether oxygens (including phenoxy) is 1. The molecule has 2 fully saturated rings. The van der Waals surface area contributed by atoms with Crippen LogP contribution in [0.5, 0.6) is 0 Å². The first kappa shape index (κ1) is 11.2. The second kappa shape index (κ2) is 4.41. The highest BCUT2D eigenvalue weighted by Crippen LogP contribution is 2.38. The van der Waals surface area contributed by atoms with Crippen LogP contribution in [0.2, 0.25) is 0 Å². The fourth-order valence-electron chi connectivity index (χ4n) is 3.14. The molecule has 0 aliphatic carbocycles. The summed E-state index contributed by atoms with van der Waals surface area (Å²) < 4.78 is 6.16. The molecule has 0 radical (unpaired) electrons. The monoisotopic (exact) mass is 232 g/mol. The summed E-state index contributed by atoms with van der Waals surface area (Å²) >= 11 is 0. The molecule has 2 atom stereocenters. The average molecular weight is 232 g/mol. The highest BCUT2D eigenvalue weighted by atomic mass is 16.5. The van der Waals surface area contributed by atoms with Crippen molar-refractivity contribution in [3.63, 3.8) is 0 Å². The van der Waals surface area contributed by atoms with Crippen molar-refractivity contribution in [1.82, 2.24) is 10.2 Å². The Balaban J connectivity index is 1.91. The normalized spacial score (nSPS) is 34.3. The van der Waals surface area contributed by atoms with E-state index in [9.17, 15) is 0 Å². The van der Waals surface area contributed by atoms with E-state index in [1.807, 2.05) is 0 Å². The number of likely N-dealkylation sites (tertiary alicyclic amines) is 1. The molecule has 0 bridgehead atoms. The quantitative estimate of drug-likeness (QED) is 0.792. The predicted octanol–water partition coefficient (Wildman–Crippen LogP) is 1.42. The number of nitrogens with zero attached hydrogens (tertiary/aromatic N) is 1. The maximum atomic E-state index is 6.16. The Bertz CT molecular complexity index is 377. The maximum absolute atomic E-state index is 6.16. The van der Waals surface area contributed by atoms with Gasteiger partial charge in [-0.15, -0.1) is 0 Å². The van der Waals surface area contributed by atoms with E-state index < -0.39 is 0 Å². The van der Waals surface area contributed by atoms with Gasteiger partial charge in [-0.2, -0.15) is 0 Å². The topological polar surface area (TPSA) is 24.5 Å².